The number of benzene rings is 2. The van der Waals surface area contributed by atoms with Crippen molar-refractivity contribution in [3.8, 4) is 0 Å². The first kappa shape index (κ1) is 15.5. The molecule has 1 atom stereocenters. The van der Waals surface area contributed by atoms with E-state index in [0.717, 1.165) is 11.3 Å². The van der Waals surface area contributed by atoms with E-state index < -0.39 is 6.10 Å². The summed E-state index contributed by atoms with van der Waals surface area (Å²) in [6.07, 6.45) is -0.579. The topological polar surface area (TPSA) is 44.3 Å². The maximum absolute atomic E-state index is 10.1. The molecule has 21 heavy (non-hydrogen) atoms. The van der Waals surface area contributed by atoms with Crippen molar-refractivity contribution in [2.24, 2.45) is 0 Å². The van der Waals surface area contributed by atoms with Crippen molar-refractivity contribution >= 4 is 23.0 Å². The van der Waals surface area contributed by atoms with Crippen molar-refractivity contribution in [2.45, 2.75) is 20.0 Å². The first-order valence-corrected chi connectivity index (χ1v) is 7.31. The Bertz CT molecular complexity index is 593. The molecule has 2 aromatic carbocycles. The fourth-order valence-corrected chi connectivity index (χ4v) is 2.41. The number of aliphatic hydroxyl groups is 1. The van der Waals surface area contributed by atoms with E-state index in [9.17, 15) is 5.11 Å². The lowest BCUT2D eigenvalue weighted by Crippen LogP contribution is -2.32. The SMILES string of the molecule is Cc1cc(C)cc(NC(=S)NCC(O)c2ccccc2)c1. The molecule has 0 radical (unpaired) electrons. The van der Waals surface area contributed by atoms with Crippen LogP contribution in [0, 0.1) is 13.8 Å². The molecule has 0 aliphatic carbocycles. The Morgan fingerprint density at radius 1 is 1.10 bits per heavy atom. The highest BCUT2D eigenvalue weighted by Crippen LogP contribution is 2.14. The largest absolute Gasteiger partial charge is 0.387 e. The maximum atomic E-state index is 10.1. The molecule has 0 saturated heterocycles. The Morgan fingerprint density at radius 2 is 1.71 bits per heavy atom. The van der Waals surface area contributed by atoms with E-state index in [1.165, 1.54) is 11.1 Å². The van der Waals surface area contributed by atoms with Gasteiger partial charge < -0.3 is 15.7 Å². The van der Waals surface area contributed by atoms with Crippen molar-refractivity contribution < 1.29 is 5.11 Å². The van der Waals surface area contributed by atoms with Gasteiger partial charge in [-0.1, -0.05) is 36.4 Å². The minimum Gasteiger partial charge on any atom is -0.387 e. The third-order valence-corrected chi connectivity index (χ3v) is 3.37. The van der Waals surface area contributed by atoms with Crippen LogP contribution in [0.3, 0.4) is 0 Å². The Balaban J connectivity index is 1.87. The summed E-state index contributed by atoms with van der Waals surface area (Å²) in [5, 5.41) is 16.8. The van der Waals surface area contributed by atoms with Gasteiger partial charge in [0, 0.05) is 12.2 Å². The molecule has 0 aromatic heterocycles. The number of hydrogen-bond donors (Lipinski definition) is 3. The van der Waals surface area contributed by atoms with E-state index in [2.05, 4.69) is 16.7 Å². The number of hydrogen-bond acceptors (Lipinski definition) is 2. The average molecular weight is 300 g/mol. The quantitative estimate of drug-likeness (QED) is 0.758. The maximum Gasteiger partial charge on any atom is 0.170 e. The normalized spacial score (nSPS) is 11.8. The minimum atomic E-state index is -0.579. The lowest BCUT2D eigenvalue weighted by Gasteiger charge is -2.15. The third-order valence-electron chi connectivity index (χ3n) is 3.12. The van der Waals surface area contributed by atoms with Gasteiger partial charge in [0.1, 0.15) is 0 Å². The van der Waals surface area contributed by atoms with E-state index in [1.807, 2.05) is 56.3 Å². The lowest BCUT2D eigenvalue weighted by atomic mass is 10.1. The van der Waals surface area contributed by atoms with Crippen LogP contribution in [0.1, 0.15) is 22.8 Å². The van der Waals surface area contributed by atoms with Crippen molar-refractivity contribution in [3.63, 3.8) is 0 Å². The fourth-order valence-electron chi connectivity index (χ4n) is 2.20. The van der Waals surface area contributed by atoms with Gasteiger partial charge >= 0.3 is 0 Å². The van der Waals surface area contributed by atoms with Gasteiger partial charge in [0.25, 0.3) is 0 Å². The molecule has 0 fully saturated rings. The van der Waals surface area contributed by atoms with Crippen LogP contribution in [0.25, 0.3) is 0 Å². The van der Waals surface area contributed by atoms with Crippen LogP contribution >= 0.6 is 12.2 Å². The second kappa shape index (κ2) is 7.20. The Labute approximate surface area is 131 Å². The Morgan fingerprint density at radius 3 is 2.33 bits per heavy atom. The summed E-state index contributed by atoms with van der Waals surface area (Å²) in [7, 11) is 0. The van der Waals surface area contributed by atoms with Gasteiger partial charge in [0.15, 0.2) is 5.11 Å². The second-order valence-electron chi connectivity index (χ2n) is 5.14. The number of rotatable bonds is 4. The Hall–Kier alpha value is -1.91. The molecule has 3 nitrogen and oxygen atoms in total. The van der Waals surface area contributed by atoms with Crippen LogP contribution in [0.4, 0.5) is 5.69 Å². The van der Waals surface area contributed by atoms with E-state index in [1.54, 1.807) is 0 Å². The zero-order valence-electron chi connectivity index (χ0n) is 12.3. The van der Waals surface area contributed by atoms with Crippen molar-refractivity contribution in [1.29, 1.82) is 0 Å². The average Bonchev–Trinajstić information content (AvgIpc) is 2.44. The van der Waals surface area contributed by atoms with Crippen LogP contribution in [0.15, 0.2) is 48.5 Å². The molecule has 0 saturated carbocycles. The molecular weight excluding hydrogens is 280 g/mol. The molecule has 2 rings (SSSR count). The van der Waals surface area contributed by atoms with Gasteiger partial charge in [-0.05, 0) is 54.9 Å². The molecule has 0 amide bonds. The number of aryl methyl sites for hydroxylation is 2. The summed E-state index contributed by atoms with van der Waals surface area (Å²) in [5.74, 6) is 0. The van der Waals surface area contributed by atoms with Crippen LogP contribution in [-0.4, -0.2) is 16.8 Å². The molecule has 0 aliphatic rings. The molecule has 0 aliphatic heterocycles. The minimum absolute atomic E-state index is 0.376. The van der Waals surface area contributed by atoms with E-state index in [4.69, 9.17) is 12.2 Å². The van der Waals surface area contributed by atoms with Crippen molar-refractivity contribution in [2.75, 3.05) is 11.9 Å². The highest BCUT2D eigenvalue weighted by molar-refractivity contribution is 7.80. The first-order valence-electron chi connectivity index (χ1n) is 6.91. The van der Waals surface area contributed by atoms with Gasteiger partial charge in [-0.15, -0.1) is 0 Å². The highest BCUT2D eigenvalue weighted by atomic mass is 32.1. The molecular formula is C17H20N2OS. The van der Waals surface area contributed by atoms with Gasteiger partial charge in [0.05, 0.1) is 6.10 Å². The summed E-state index contributed by atoms with van der Waals surface area (Å²) in [6, 6.07) is 15.7. The molecule has 3 N–H and O–H groups in total. The molecule has 110 valence electrons. The third kappa shape index (κ3) is 4.85. The van der Waals surface area contributed by atoms with Gasteiger partial charge in [0.2, 0.25) is 0 Å². The first-order chi connectivity index (χ1) is 10.0. The smallest absolute Gasteiger partial charge is 0.170 e. The standard InChI is InChI=1S/C17H20N2OS/c1-12-8-13(2)10-15(9-12)19-17(21)18-11-16(20)14-6-4-3-5-7-14/h3-10,16,20H,11H2,1-2H3,(H2,18,19,21). The summed E-state index contributed by atoms with van der Waals surface area (Å²) >= 11 is 5.26. The summed E-state index contributed by atoms with van der Waals surface area (Å²) in [4.78, 5) is 0. The van der Waals surface area contributed by atoms with Gasteiger partial charge in [-0.25, -0.2) is 0 Å². The monoisotopic (exact) mass is 300 g/mol. The van der Waals surface area contributed by atoms with Crippen molar-refractivity contribution in [3.05, 3.63) is 65.2 Å². The second-order valence-corrected chi connectivity index (χ2v) is 5.55. The number of anilines is 1. The highest BCUT2D eigenvalue weighted by Gasteiger charge is 2.07. The lowest BCUT2D eigenvalue weighted by molar-refractivity contribution is 0.181. The molecule has 4 heteroatoms. The van der Waals surface area contributed by atoms with Gasteiger partial charge in [-0.3, -0.25) is 0 Å². The van der Waals surface area contributed by atoms with E-state index >= 15 is 0 Å². The van der Waals surface area contributed by atoms with E-state index in [-0.39, 0.29) is 0 Å². The summed E-state index contributed by atoms with van der Waals surface area (Å²) in [5.41, 5.74) is 4.20. The molecule has 1 unspecified atom stereocenters. The van der Waals surface area contributed by atoms with Crippen LogP contribution in [0.5, 0.6) is 0 Å². The molecule has 0 heterocycles. The predicted octanol–water partition coefficient (Wildman–Crippen LogP) is 3.32. The Kier molecular flexibility index (Phi) is 5.31. The number of thiocarbonyl (C=S) groups is 1. The number of aliphatic hydroxyl groups excluding tert-OH is 1. The zero-order chi connectivity index (χ0) is 15.2. The van der Waals surface area contributed by atoms with Crippen LogP contribution < -0.4 is 10.6 Å². The van der Waals surface area contributed by atoms with Crippen molar-refractivity contribution in [1.82, 2.24) is 5.32 Å². The fraction of sp³-hybridized carbons (Fsp3) is 0.235. The molecule has 2 aromatic rings. The summed E-state index contributed by atoms with van der Waals surface area (Å²) < 4.78 is 0. The summed E-state index contributed by atoms with van der Waals surface area (Å²) in [6.45, 7) is 4.47. The van der Waals surface area contributed by atoms with Crippen LogP contribution in [0.2, 0.25) is 0 Å². The number of nitrogens with one attached hydrogen (secondary N) is 2. The van der Waals surface area contributed by atoms with E-state index in [0.29, 0.717) is 11.7 Å². The zero-order valence-corrected chi connectivity index (χ0v) is 13.1. The van der Waals surface area contributed by atoms with Gasteiger partial charge in [-0.2, -0.15) is 0 Å². The van der Waals surface area contributed by atoms with Crippen LogP contribution in [-0.2, 0) is 0 Å². The molecule has 0 spiro atoms. The molecule has 0 bridgehead atoms. The predicted molar refractivity (Wildman–Crippen MR) is 91.5 cm³/mol.